The maximum absolute atomic E-state index is 11.2. The van der Waals surface area contributed by atoms with E-state index in [1.807, 2.05) is 0 Å². The van der Waals surface area contributed by atoms with Crippen LogP contribution in [-0.2, 0) is 6.61 Å². The third kappa shape index (κ3) is 1.70. The molecule has 0 saturated carbocycles. The van der Waals surface area contributed by atoms with Crippen LogP contribution in [0.2, 0.25) is 0 Å². The van der Waals surface area contributed by atoms with Crippen LogP contribution >= 0.6 is 11.3 Å². The summed E-state index contributed by atoms with van der Waals surface area (Å²) in [5.41, 5.74) is 0.763. The van der Waals surface area contributed by atoms with Crippen LogP contribution in [0.5, 0.6) is 0 Å². The van der Waals surface area contributed by atoms with E-state index < -0.39 is 0 Å². The molecule has 0 aliphatic rings. The van der Waals surface area contributed by atoms with E-state index in [1.165, 1.54) is 11.3 Å². The van der Waals surface area contributed by atoms with E-state index in [4.69, 9.17) is 5.11 Å². The van der Waals surface area contributed by atoms with E-state index >= 15 is 0 Å². The van der Waals surface area contributed by atoms with Crippen molar-refractivity contribution in [2.45, 2.75) is 26.9 Å². The first-order valence-electron chi connectivity index (χ1n) is 3.79. The van der Waals surface area contributed by atoms with E-state index in [-0.39, 0.29) is 12.4 Å². The molecule has 1 N–H and O–H groups in total. The Bertz CT molecular complexity index is 293. The van der Waals surface area contributed by atoms with Crippen LogP contribution in [0.1, 0.15) is 33.7 Å². The number of hydrogen-bond donors (Lipinski definition) is 1. The fourth-order valence-electron chi connectivity index (χ4n) is 0.845. The lowest BCUT2D eigenvalue weighted by atomic mass is 10.3. The van der Waals surface area contributed by atoms with Crippen molar-refractivity contribution in [3.63, 3.8) is 0 Å². The molecule has 0 unspecified atom stereocenters. The Morgan fingerprint density at radius 1 is 1.67 bits per heavy atom. The number of aromatic nitrogens is 1. The van der Waals surface area contributed by atoms with Gasteiger partial charge in [0, 0.05) is 6.42 Å². The summed E-state index contributed by atoms with van der Waals surface area (Å²) in [6.45, 7) is 3.58. The topological polar surface area (TPSA) is 50.2 Å². The Kier molecular flexibility index (Phi) is 2.94. The van der Waals surface area contributed by atoms with E-state index in [1.54, 1.807) is 13.8 Å². The SMILES string of the molecule is CCC(=O)c1nc(C)c(CO)s1. The van der Waals surface area contributed by atoms with Gasteiger partial charge in [0.25, 0.3) is 0 Å². The van der Waals surface area contributed by atoms with Gasteiger partial charge in [0.15, 0.2) is 10.8 Å². The second kappa shape index (κ2) is 3.78. The Morgan fingerprint density at radius 2 is 2.33 bits per heavy atom. The first-order valence-corrected chi connectivity index (χ1v) is 4.61. The van der Waals surface area contributed by atoms with Crippen LogP contribution < -0.4 is 0 Å². The number of aliphatic hydroxyl groups is 1. The molecule has 4 heteroatoms. The Balaban J connectivity index is 2.96. The quantitative estimate of drug-likeness (QED) is 0.727. The molecule has 3 nitrogen and oxygen atoms in total. The van der Waals surface area contributed by atoms with Gasteiger partial charge < -0.3 is 5.11 Å². The molecule has 1 aromatic heterocycles. The minimum atomic E-state index is -0.0273. The first kappa shape index (κ1) is 9.35. The molecular formula is C8H11NO2S. The van der Waals surface area contributed by atoms with Crippen LogP contribution in [0, 0.1) is 6.92 Å². The fourth-order valence-corrected chi connectivity index (χ4v) is 1.78. The average molecular weight is 185 g/mol. The summed E-state index contributed by atoms with van der Waals surface area (Å²) in [4.78, 5) is 16.0. The lowest BCUT2D eigenvalue weighted by molar-refractivity contribution is 0.0987. The number of carbonyl (C=O) groups is 1. The summed E-state index contributed by atoms with van der Waals surface area (Å²) in [7, 11) is 0. The van der Waals surface area contributed by atoms with Gasteiger partial charge in [-0.15, -0.1) is 11.3 Å². The lowest BCUT2D eigenvalue weighted by Crippen LogP contribution is -1.94. The maximum Gasteiger partial charge on any atom is 0.191 e. The van der Waals surface area contributed by atoms with Gasteiger partial charge in [0.1, 0.15) is 0 Å². The van der Waals surface area contributed by atoms with E-state index in [0.29, 0.717) is 11.4 Å². The molecule has 0 radical (unpaired) electrons. The highest BCUT2D eigenvalue weighted by molar-refractivity contribution is 7.13. The number of ketones is 1. The third-order valence-electron chi connectivity index (χ3n) is 1.60. The molecule has 0 aromatic carbocycles. The normalized spacial score (nSPS) is 10.2. The molecule has 0 amide bonds. The molecule has 0 fully saturated rings. The van der Waals surface area contributed by atoms with Gasteiger partial charge in [-0.2, -0.15) is 0 Å². The number of aryl methyl sites for hydroxylation is 1. The minimum Gasteiger partial charge on any atom is -0.391 e. The van der Waals surface area contributed by atoms with Crippen LogP contribution in [0.25, 0.3) is 0 Å². The summed E-state index contributed by atoms with van der Waals surface area (Å²) in [5.74, 6) is 0.0443. The molecule has 1 rings (SSSR count). The predicted octanol–water partition coefficient (Wildman–Crippen LogP) is 1.54. The summed E-state index contributed by atoms with van der Waals surface area (Å²) < 4.78 is 0. The zero-order chi connectivity index (χ0) is 9.14. The highest BCUT2D eigenvalue weighted by Crippen LogP contribution is 2.18. The summed E-state index contributed by atoms with van der Waals surface area (Å²) >= 11 is 1.28. The second-order valence-corrected chi connectivity index (χ2v) is 3.55. The van der Waals surface area contributed by atoms with Gasteiger partial charge in [0.05, 0.1) is 17.2 Å². The highest BCUT2D eigenvalue weighted by atomic mass is 32.1. The smallest absolute Gasteiger partial charge is 0.191 e. The van der Waals surface area contributed by atoms with Crippen molar-refractivity contribution in [1.29, 1.82) is 0 Å². The Morgan fingerprint density at radius 3 is 2.75 bits per heavy atom. The van der Waals surface area contributed by atoms with Gasteiger partial charge in [0.2, 0.25) is 0 Å². The molecule has 0 aliphatic carbocycles. The first-order chi connectivity index (χ1) is 5.69. The third-order valence-corrected chi connectivity index (χ3v) is 2.78. The molecule has 12 heavy (non-hydrogen) atoms. The van der Waals surface area contributed by atoms with Crippen LogP contribution in [0.15, 0.2) is 0 Å². The monoisotopic (exact) mass is 185 g/mol. The van der Waals surface area contributed by atoms with Crippen molar-refractivity contribution in [2.24, 2.45) is 0 Å². The largest absolute Gasteiger partial charge is 0.391 e. The summed E-state index contributed by atoms with van der Waals surface area (Å²) in [6.07, 6.45) is 0.470. The number of carbonyl (C=O) groups excluding carboxylic acids is 1. The van der Waals surface area contributed by atoms with Gasteiger partial charge in [-0.3, -0.25) is 4.79 Å². The Labute approximate surface area is 75.1 Å². The van der Waals surface area contributed by atoms with E-state index in [0.717, 1.165) is 10.6 Å². The van der Waals surface area contributed by atoms with Gasteiger partial charge in [-0.1, -0.05) is 6.92 Å². The molecule has 0 bridgehead atoms. The fraction of sp³-hybridized carbons (Fsp3) is 0.500. The Hall–Kier alpha value is -0.740. The summed E-state index contributed by atoms with van der Waals surface area (Å²) in [6, 6.07) is 0. The number of hydrogen-bond acceptors (Lipinski definition) is 4. The van der Waals surface area contributed by atoms with Crippen LogP contribution in [0.4, 0.5) is 0 Å². The predicted molar refractivity (Wildman–Crippen MR) is 47.4 cm³/mol. The molecular weight excluding hydrogens is 174 g/mol. The van der Waals surface area contributed by atoms with Crippen molar-refractivity contribution >= 4 is 17.1 Å². The van der Waals surface area contributed by atoms with Crippen LogP contribution in [0.3, 0.4) is 0 Å². The molecule has 1 aromatic rings. The number of nitrogens with zero attached hydrogens (tertiary/aromatic N) is 1. The number of aliphatic hydroxyl groups excluding tert-OH is 1. The molecule has 0 saturated heterocycles. The number of Topliss-reactive ketones (excluding diaryl/α,β-unsaturated/α-hetero) is 1. The van der Waals surface area contributed by atoms with Gasteiger partial charge in [-0.05, 0) is 6.92 Å². The van der Waals surface area contributed by atoms with Crippen LogP contribution in [-0.4, -0.2) is 15.9 Å². The van der Waals surface area contributed by atoms with Crippen molar-refractivity contribution in [1.82, 2.24) is 4.98 Å². The van der Waals surface area contributed by atoms with E-state index in [9.17, 15) is 4.79 Å². The molecule has 0 atom stereocenters. The van der Waals surface area contributed by atoms with Crippen molar-refractivity contribution in [2.75, 3.05) is 0 Å². The minimum absolute atomic E-state index is 0.0273. The van der Waals surface area contributed by atoms with Gasteiger partial charge in [-0.25, -0.2) is 4.98 Å². The number of rotatable bonds is 3. The maximum atomic E-state index is 11.2. The number of thiazole rings is 1. The standard InChI is InChI=1S/C8H11NO2S/c1-3-6(11)8-9-5(2)7(4-10)12-8/h10H,3-4H2,1-2H3. The molecule has 0 spiro atoms. The lowest BCUT2D eigenvalue weighted by Gasteiger charge is -1.86. The molecule has 66 valence electrons. The van der Waals surface area contributed by atoms with Gasteiger partial charge >= 0.3 is 0 Å². The van der Waals surface area contributed by atoms with E-state index in [2.05, 4.69) is 4.98 Å². The van der Waals surface area contributed by atoms with Crippen molar-refractivity contribution < 1.29 is 9.90 Å². The summed E-state index contributed by atoms with van der Waals surface area (Å²) in [5, 5.41) is 9.36. The molecule has 0 aliphatic heterocycles. The van der Waals surface area contributed by atoms with Crippen molar-refractivity contribution in [3.05, 3.63) is 15.6 Å². The average Bonchev–Trinajstić information content (AvgIpc) is 2.45. The zero-order valence-corrected chi connectivity index (χ0v) is 7.94. The van der Waals surface area contributed by atoms with Crippen molar-refractivity contribution in [3.8, 4) is 0 Å². The zero-order valence-electron chi connectivity index (χ0n) is 7.13. The highest BCUT2D eigenvalue weighted by Gasteiger charge is 2.11. The molecule has 1 heterocycles. The second-order valence-electron chi connectivity index (χ2n) is 2.46.